The molecule has 0 aliphatic heterocycles. The van der Waals surface area contributed by atoms with Crippen LogP contribution in [-0.4, -0.2) is 14.9 Å². The Kier molecular flexibility index (Phi) is 1.99. The lowest BCUT2D eigenvalue weighted by Crippen LogP contribution is -2.01. The Hall–Kier alpha value is -2.10. The van der Waals surface area contributed by atoms with Crippen molar-refractivity contribution in [3.63, 3.8) is 0 Å². The van der Waals surface area contributed by atoms with Crippen LogP contribution in [-0.2, 0) is 6.54 Å². The first kappa shape index (κ1) is 9.15. The van der Waals surface area contributed by atoms with Crippen molar-refractivity contribution < 1.29 is 4.52 Å². The number of benzene rings is 1. The molecule has 0 radical (unpaired) electrons. The van der Waals surface area contributed by atoms with Crippen LogP contribution in [0.25, 0.3) is 10.9 Å². The highest BCUT2D eigenvalue weighted by atomic mass is 16.5. The summed E-state index contributed by atoms with van der Waals surface area (Å²) in [6.07, 6.45) is 1.86. The zero-order valence-corrected chi connectivity index (χ0v) is 8.92. The van der Waals surface area contributed by atoms with Crippen molar-refractivity contribution in [2.45, 2.75) is 13.5 Å². The van der Waals surface area contributed by atoms with Gasteiger partial charge in [-0.05, 0) is 13.0 Å². The van der Waals surface area contributed by atoms with Crippen LogP contribution in [0.1, 0.15) is 11.5 Å². The van der Waals surface area contributed by atoms with E-state index in [2.05, 4.69) is 16.3 Å². The number of rotatable bonds is 2. The summed E-state index contributed by atoms with van der Waals surface area (Å²) in [6, 6.07) is 10.0. The largest absolute Gasteiger partial charge is 0.361 e. The van der Waals surface area contributed by atoms with Gasteiger partial charge < -0.3 is 4.52 Å². The first-order valence-electron chi connectivity index (χ1n) is 5.16. The quantitative estimate of drug-likeness (QED) is 0.656. The van der Waals surface area contributed by atoms with Gasteiger partial charge in [0.25, 0.3) is 0 Å². The molecule has 0 aliphatic carbocycles. The first-order valence-corrected chi connectivity index (χ1v) is 5.16. The molecule has 2 heterocycles. The maximum Gasteiger partial charge on any atom is 0.133 e. The van der Waals surface area contributed by atoms with Crippen LogP contribution >= 0.6 is 0 Å². The van der Waals surface area contributed by atoms with Crippen molar-refractivity contribution in [3.05, 3.63) is 48.0 Å². The smallest absolute Gasteiger partial charge is 0.133 e. The molecule has 3 rings (SSSR count). The third kappa shape index (κ3) is 1.48. The van der Waals surface area contributed by atoms with Crippen molar-refractivity contribution in [2.24, 2.45) is 0 Å². The number of hydrogen-bond acceptors (Lipinski definition) is 3. The van der Waals surface area contributed by atoms with Crippen molar-refractivity contribution in [1.29, 1.82) is 0 Å². The van der Waals surface area contributed by atoms with Crippen LogP contribution in [0, 0.1) is 6.92 Å². The highest BCUT2D eigenvalue weighted by molar-refractivity contribution is 5.78. The molecule has 0 saturated carbocycles. The van der Waals surface area contributed by atoms with E-state index in [0.29, 0.717) is 6.54 Å². The minimum atomic E-state index is 0.644. The second-order valence-electron chi connectivity index (χ2n) is 3.79. The second-order valence-corrected chi connectivity index (χ2v) is 3.79. The average Bonchev–Trinajstić information content (AvgIpc) is 2.87. The maximum absolute atomic E-state index is 5.03. The third-order valence-electron chi connectivity index (χ3n) is 2.54. The van der Waals surface area contributed by atoms with Gasteiger partial charge in [-0.15, -0.1) is 0 Å². The van der Waals surface area contributed by atoms with Gasteiger partial charge in [-0.2, -0.15) is 5.10 Å². The Balaban J connectivity index is 2.00. The lowest BCUT2D eigenvalue weighted by molar-refractivity contribution is 0.388. The van der Waals surface area contributed by atoms with Gasteiger partial charge in [0.05, 0.1) is 18.3 Å². The number of hydrogen-bond donors (Lipinski definition) is 0. The van der Waals surface area contributed by atoms with Crippen LogP contribution < -0.4 is 0 Å². The topological polar surface area (TPSA) is 43.9 Å². The van der Waals surface area contributed by atoms with E-state index in [0.717, 1.165) is 22.4 Å². The Morgan fingerprint density at radius 1 is 1.31 bits per heavy atom. The summed E-state index contributed by atoms with van der Waals surface area (Å²) in [5.74, 6) is 0.825. The van der Waals surface area contributed by atoms with Gasteiger partial charge in [0.2, 0.25) is 0 Å². The molecular weight excluding hydrogens is 202 g/mol. The van der Waals surface area contributed by atoms with Gasteiger partial charge in [-0.25, -0.2) is 0 Å². The third-order valence-corrected chi connectivity index (χ3v) is 2.54. The molecule has 0 spiro atoms. The van der Waals surface area contributed by atoms with E-state index in [1.54, 1.807) is 0 Å². The molecule has 2 aromatic heterocycles. The molecule has 1 aromatic carbocycles. The van der Waals surface area contributed by atoms with E-state index in [1.807, 2.05) is 42.1 Å². The molecule has 4 nitrogen and oxygen atoms in total. The van der Waals surface area contributed by atoms with Gasteiger partial charge >= 0.3 is 0 Å². The highest BCUT2D eigenvalue weighted by Gasteiger charge is 2.05. The Bertz CT molecular complexity index is 624. The minimum absolute atomic E-state index is 0.644. The number of aryl methyl sites for hydroxylation is 1. The van der Waals surface area contributed by atoms with Crippen LogP contribution in [0.4, 0.5) is 0 Å². The molecule has 0 bridgehead atoms. The van der Waals surface area contributed by atoms with Crippen LogP contribution in [0.15, 0.2) is 41.1 Å². The number of nitrogens with zero attached hydrogens (tertiary/aromatic N) is 3. The Morgan fingerprint density at radius 2 is 2.19 bits per heavy atom. The molecule has 3 aromatic rings. The van der Waals surface area contributed by atoms with E-state index in [9.17, 15) is 0 Å². The summed E-state index contributed by atoms with van der Waals surface area (Å²) in [4.78, 5) is 0. The SMILES string of the molecule is Cc1cc(Cn2ncc3ccccc32)no1. The zero-order valence-electron chi connectivity index (χ0n) is 8.92. The fourth-order valence-corrected chi connectivity index (χ4v) is 1.80. The molecule has 0 fully saturated rings. The number of fused-ring (bicyclic) bond motifs is 1. The lowest BCUT2D eigenvalue weighted by atomic mass is 10.2. The highest BCUT2D eigenvalue weighted by Crippen LogP contribution is 2.14. The van der Waals surface area contributed by atoms with Crippen LogP contribution in [0.2, 0.25) is 0 Å². The predicted octanol–water partition coefficient (Wildman–Crippen LogP) is 2.38. The molecule has 0 aliphatic rings. The standard InChI is InChI=1S/C12H11N3O/c1-9-6-11(14-16-9)8-15-12-5-3-2-4-10(12)7-13-15/h2-7H,8H2,1H3. The lowest BCUT2D eigenvalue weighted by Gasteiger charge is -1.99. The maximum atomic E-state index is 5.03. The minimum Gasteiger partial charge on any atom is -0.361 e. The monoisotopic (exact) mass is 213 g/mol. The van der Waals surface area contributed by atoms with Gasteiger partial charge in [-0.3, -0.25) is 4.68 Å². The van der Waals surface area contributed by atoms with Crippen molar-refractivity contribution >= 4 is 10.9 Å². The first-order chi connectivity index (χ1) is 7.83. The number of aromatic nitrogens is 3. The van der Waals surface area contributed by atoms with E-state index >= 15 is 0 Å². The molecule has 4 heteroatoms. The summed E-state index contributed by atoms with van der Waals surface area (Å²) < 4.78 is 6.96. The molecule has 16 heavy (non-hydrogen) atoms. The predicted molar refractivity (Wildman–Crippen MR) is 60.1 cm³/mol. The van der Waals surface area contributed by atoms with Crippen molar-refractivity contribution in [1.82, 2.24) is 14.9 Å². The van der Waals surface area contributed by atoms with E-state index in [4.69, 9.17) is 4.52 Å². The van der Waals surface area contributed by atoms with Crippen molar-refractivity contribution in [3.8, 4) is 0 Å². The normalized spacial score (nSPS) is 11.1. The molecule has 0 N–H and O–H groups in total. The van der Waals surface area contributed by atoms with E-state index in [-0.39, 0.29) is 0 Å². The summed E-state index contributed by atoms with van der Waals surface area (Å²) in [5, 5.41) is 9.44. The van der Waals surface area contributed by atoms with Crippen LogP contribution in [0.5, 0.6) is 0 Å². The van der Waals surface area contributed by atoms with E-state index in [1.165, 1.54) is 0 Å². The summed E-state index contributed by atoms with van der Waals surface area (Å²) in [7, 11) is 0. The fraction of sp³-hybridized carbons (Fsp3) is 0.167. The summed E-state index contributed by atoms with van der Waals surface area (Å²) in [6.45, 7) is 2.53. The van der Waals surface area contributed by atoms with Gasteiger partial charge in [0, 0.05) is 11.5 Å². The second kappa shape index (κ2) is 3.48. The average molecular weight is 213 g/mol. The zero-order chi connectivity index (χ0) is 11.0. The molecule has 0 amide bonds. The molecular formula is C12H11N3O. The fourth-order valence-electron chi connectivity index (χ4n) is 1.80. The van der Waals surface area contributed by atoms with Crippen LogP contribution in [0.3, 0.4) is 0 Å². The molecule has 0 unspecified atom stereocenters. The Morgan fingerprint density at radius 3 is 3.00 bits per heavy atom. The Labute approximate surface area is 92.5 Å². The van der Waals surface area contributed by atoms with E-state index < -0.39 is 0 Å². The summed E-state index contributed by atoms with van der Waals surface area (Å²) >= 11 is 0. The van der Waals surface area contributed by atoms with Gasteiger partial charge in [-0.1, -0.05) is 23.4 Å². The molecule has 0 saturated heterocycles. The van der Waals surface area contributed by atoms with Gasteiger partial charge in [0.1, 0.15) is 11.5 Å². The molecule has 80 valence electrons. The number of para-hydroxylation sites is 1. The van der Waals surface area contributed by atoms with Crippen molar-refractivity contribution in [2.75, 3.05) is 0 Å². The molecule has 0 atom stereocenters. The van der Waals surface area contributed by atoms with Gasteiger partial charge in [0.15, 0.2) is 0 Å². The summed E-state index contributed by atoms with van der Waals surface area (Å²) in [5.41, 5.74) is 2.01.